The van der Waals surface area contributed by atoms with E-state index in [2.05, 4.69) is 5.92 Å². The molecule has 0 heterocycles. The van der Waals surface area contributed by atoms with Crippen LogP contribution < -0.4 is 0 Å². The molecule has 1 N–H and O–H groups in total. The highest BCUT2D eigenvalue weighted by atomic mass is 16.3. The van der Waals surface area contributed by atoms with Gasteiger partial charge in [-0.15, -0.1) is 12.3 Å². The van der Waals surface area contributed by atoms with Crippen LogP contribution in [0.3, 0.4) is 0 Å². The zero-order chi connectivity index (χ0) is 9.94. The van der Waals surface area contributed by atoms with Crippen molar-refractivity contribution in [1.82, 2.24) is 0 Å². The van der Waals surface area contributed by atoms with E-state index in [1.165, 1.54) is 32.1 Å². The second-order valence-corrected chi connectivity index (χ2v) is 3.71. The van der Waals surface area contributed by atoms with Crippen LogP contribution in [0.1, 0.15) is 58.3 Å². The minimum atomic E-state index is -0.124. The summed E-state index contributed by atoms with van der Waals surface area (Å²) in [5.74, 6) is 2.65. The molecule has 0 aromatic heterocycles. The molecular weight excluding hydrogens is 160 g/mol. The lowest BCUT2D eigenvalue weighted by Gasteiger charge is -2.03. The van der Waals surface area contributed by atoms with Gasteiger partial charge >= 0.3 is 0 Å². The number of rotatable bonds is 8. The Balaban J connectivity index is 2.88. The van der Waals surface area contributed by atoms with Crippen molar-refractivity contribution in [3.8, 4) is 12.3 Å². The van der Waals surface area contributed by atoms with E-state index in [0.717, 1.165) is 19.3 Å². The maximum atomic E-state index is 9.00. The van der Waals surface area contributed by atoms with Crippen molar-refractivity contribution in [3.63, 3.8) is 0 Å². The van der Waals surface area contributed by atoms with Crippen LogP contribution in [0.5, 0.6) is 0 Å². The summed E-state index contributed by atoms with van der Waals surface area (Å²) in [6.45, 7) is 1.85. The van der Waals surface area contributed by atoms with Gasteiger partial charge in [-0.25, -0.2) is 0 Å². The molecule has 1 unspecified atom stereocenters. The third kappa shape index (κ3) is 11.5. The van der Waals surface area contributed by atoms with Crippen molar-refractivity contribution >= 4 is 0 Å². The lowest BCUT2D eigenvalue weighted by Crippen LogP contribution is -1.98. The van der Waals surface area contributed by atoms with Gasteiger partial charge in [0.25, 0.3) is 0 Å². The van der Waals surface area contributed by atoms with Gasteiger partial charge in [-0.05, 0) is 19.8 Å². The Morgan fingerprint density at radius 3 is 2.15 bits per heavy atom. The van der Waals surface area contributed by atoms with Crippen molar-refractivity contribution < 1.29 is 5.11 Å². The van der Waals surface area contributed by atoms with Crippen molar-refractivity contribution in [1.29, 1.82) is 0 Å². The zero-order valence-corrected chi connectivity index (χ0v) is 8.76. The topological polar surface area (TPSA) is 20.2 Å². The summed E-state index contributed by atoms with van der Waals surface area (Å²) in [5, 5.41) is 9.00. The Kier molecular flexibility index (Phi) is 9.25. The monoisotopic (exact) mass is 182 g/mol. The number of hydrogen-bond acceptors (Lipinski definition) is 1. The van der Waals surface area contributed by atoms with Gasteiger partial charge in [0.1, 0.15) is 0 Å². The Bertz CT molecular complexity index is 133. The molecule has 0 bridgehead atoms. The molecule has 0 spiro atoms. The molecule has 0 radical (unpaired) electrons. The summed E-state index contributed by atoms with van der Waals surface area (Å²) in [5.41, 5.74) is 0. The highest BCUT2D eigenvalue weighted by molar-refractivity contribution is 4.82. The molecule has 0 aliphatic heterocycles. The lowest BCUT2D eigenvalue weighted by atomic mass is 10.1. The first kappa shape index (κ1) is 12.5. The number of unbranched alkanes of at least 4 members (excludes halogenated alkanes) is 6. The molecule has 0 aromatic rings. The quantitative estimate of drug-likeness (QED) is 0.451. The minimum Gasteiger partial charge on any atom is -0.393 e. The standard InChI is InChI=1S/C12H22O/c1-3-4-5-6-7-8-9-10-11-12(2)13/h1,12-13H,4-11H2,2H3. The molecule has 1 nitrogen and oxygen atoms in total. The van der Waals surface area contributed by atoms with Gasteiger partial charge in [0.2, 0.25) is 0 Å². The van der Waals surface area contributed by atoms with Crippen LogP contribution in [-0.2, 0) is 0 Å². The molecule has 0 fully saturated rings. The third-order valence-electron chi connectivity index (χ3n) is 2.19. The van der Waals surface area contributed by atoms with Crippen LogP contribution >= 0.6 is 0 Å². The predicted octanol–water partition coefficient (Wildman–Crippen LogP) is 3.12. The summed E-state index contributed by atoms with van der Waals surface area (Å²) in [7, 11) is 0. The normalized spacial score (nSPS) is 12.4. The second-order valence-electron chi connectivity index (χ2n) is 3.71. The summed E-state index contributed by atoms with van der Waals surface area (Å²) in [4.78, 5) is 0. The predicted molar refractivity (Wildman–Crippen MR) is 57.4 cm³/mol. The van der Waals surface area contributed by atoms with E-state index in [0.29, 0.717) is 0 Å². The highest BCUT2D eigenvalue weighted by Crippen LogP contribution is 2.09. The largest absolute Gasteiger partial charge is 0.393 e. The minimum absolute atomic E-state index is 0.124. The van der Waals surface area contributed by atoms with Gasteiger partial charge in [0, 0.05) is 6.42 Å². The van der Waals surface area contributed by atoms with Crippen molar-refractivity contribution in [2.75, 3.05) is 0 Å². The fourth-order valence-electron chi connectivity index (χ4n) is 1.37. The first-order valence-electron chi connectivity index (χ1n) is 5.39. The van der Waals surface area contributed by atoms with Crippen LogP contribution in [0.4, 0.5) is 0 Å². The number of hydrogen-bond donors (Lipinski definition) is 1. The summed E-state index contributed by atoms with van der Waals surface area (Å²) in [6, 6.07) is 0. The van der Waals surface area contributed by atoms with E-state index in [-0.39, 0.29) is 6.10 Å². The molecule has 1 atom stereocenters. The molecule has 0 rings (SSSR count). The van der Waals surface area contributed by atoms with Crippen molar-refractivity contribution in [3.05, 3.63) is 0 Å². The molecule has 0 aliphatic carbocycles. The number of terminal acetylenes is 1. The average molecular weight is 182 g/mol. The summed E-state index contributed by atoms with van der Waals surface area (Å²) in [6.07, 6.45) is 14.3. The van der Waals surface area contributed by atoms with E-state index in [1.807, 2.05) is 6.92 Å². The van der Waals surface area contributed by atoms with Gasteiger partial charge in [0.15, 0.2) is 0 Å². The SMILES string of the molecule is C#CCCCCCCCCC(C)O. The molecule has 0 saturated heterocycles. The van der Waals surface area contributed by atoms with Gasteiger partial charge in [-0.2, -0.15) is 0 Å². The van der Waals surface area contributed by atoms with E-state index in [9.17, 15) is 0 Å². The van der Waals surface area contributed by atoms with Crippen molar-refractivity contribution in [2.24, 2.45) is 0 Å². The number of aliphatic hydroxyl groups excluding tert-OH is 1. The third-order valence-corrected chi connectivity index (χ3v) is 2.19. The zero-order valence-electron chi connectivity index (χ0n) is 8.76. The Hall–Kier alpha value is -0.480. The fourth-order valence-corrected chi connectivity index (χ4v) is 1.37. The molecule has 0 aliphatic rings. The number of aliphatic hydroxyl groups is 1. The van der Waals surface area contributed by atoms with Crippen LogP contribution in [0.25, 0.3) is 0 Å². The maximum absolute atomic E-state index is 9.00. The highest BCUT2D eigenvalue weighted by Gasteiger charge is 1.95. The van der Waals surface area contributed by atoms with E-state index >= 15 is 0 Å². The molecule has 76 valence electrons. The Morgan fingerprint density at radius 2 is 1.62 bits per heavy atom. The van der Waals surface area contributed by atoms with Crippen LogP contribution in [-0.4, -0.2) is 11.2 Å². The Morgan fingerprint density at radius 1 is 1.08 bits per heavy atom. The second kappa shape index (κ2) is 9.61. The van der Waals surface area contributed by atoms with Crippen molar-refractivity contribution in [2.45, 2.75) is 64.4 Å². The van der Waals surface area contributed by atoms with Gasteiger partial charge in [-0.1, -0.05) is 32.1 Å². The van der Waals surface area contributed by atoms with Crippen LogP contribution in [0, 0.1) is 12.3 Å². The lowest BCUT2D eigenvalue weighted by molar-refractivity contribution is 0.180. The first-order valence-corrected chi connectivity index (χ1v) is 5.39. The molecule has 0 saturated carbocycles. The van der Waals surface area contributed by atoms with E-state index in [1.54, 1.807) is 0 Å². The summed E-state index contributed by atoms with van der Waals surface area (Å²) >= 11 is 0. The molecule has 0 aromatic carbocycles. The van der Waals surface area contributed by atoms with E-state index < -0.39 is 0 Å². The van der Waals surface area contributed by atoms with Gasteiger partial charge in [0.05, 0.1) is 6.10 Å². The molecule has 0 amide bonds. The van der Waals surface area contributed by atoms with E-state index in [4.69, 9.17) is 11.5 Å². The van der Waals surface area contributed by atoms with Crippen LogP contribution in [0.2, 0.25) is 0 Å². The smallest absolute Gasteiger partial charge is 0.0512 e. The molecule has 1 heteroatoms. The molecule has 13 heavy (non-hydrogen) atoms. The average Bonchev–Trinajstić information content (AvgIpc) is 2.09. The first-order chi connectivity index (χ1) is 6.27. The summed E-state index contributed by atoms with van der Waals surface area (Å²) < 4.78 is 0. The maximum Gasteiger partial charge on any atom is 0.0512 e. The fraction of sp³-hybridized carbons (Fsp3) is 0.833. The van der Waals surface area contributed by atoms with Gasteiger partial charge in [-0.3, -0.25) is 0 Å². The Labute approximate surface area is 82.5 Å². The van der Waals surface area contributed by atoms with Gasteiger partial charge < -0.3 is 5.11 Å². The van der Waals surface area contributed by atoms with Crippen LogP contribution in [0.15, 0.2) is 0 Å². The molecular formula is C12H22O.